The maximum atomic E-state index is 13.4. The molecule has 0 radical (unpaired) electrons. The molecule has 0 aliphatic carbocycles. The summed E-state index contributed by atoms with van der Waals surface area (Å²) in [6, 6.07) is 9.45. The molecular formula is C19H24N4O3S. The molecule has 2 unspecified atom stereocenters. The first-order valence-corrected chi connectivity index (χ1v) is 11.0. The van der Waals surface area contributed by atoms with Gasteiger partial charge in [0.2, 0.25) is 0 Å². The number of benzene rings is 1. The second kappa shape index (κ2) is 6.25. The van der Waals surface area contributed by atoms with Gasteiger partial charge in [-0.2, -0.15) is 5.10 Å². The molecule has 0 bridgehead atoms. The fourth-order valence-electron chi connectivity index (χ4n) is 4.15. The second-order valence-electron chi connectivity index (χ2n) is 7.73. The van der Waals surface area contributed by atoms with Crippen LogP contribution < -0.4 is 0 Å². The van der Waals surface area contributed by atoms with Crippen LogP contribution in [0.15, 0.2) is 30.3 Å². The number of aromatic nitrogens is 2. The van der Waals surface area contributed by atoms with E-state index in [-0.39, 0.29) is 23.9 Å². The van der Waals surface area contributed by atoms with Crippen molar-refractivity contribution in [3.05, 3.63) is 47.3 Å². The number of carbonyl (C=O) groups excluding carboxylic acids is 1. The van der Waals surface area contributed by atoms with Gasteiger partial charge in [0.05, 0.1) is 36.6 Å². The zero-order chi connectivity index (χ0) is 19.5. The predicted molar refractivity (Wildman–Crippen MR) is 102 cm³/mol. The lowest BCUT2D eigenvalue weighted by Gasteiger charge is -2.46. The molecule has 0 spiro atoms. The molecule has 1 amide bonds. The van der Waals surface area contributed by atoms with E-state index in [4.69, 9.17) is 0 Å². The minimum atomic E-state index is -3.22. The summed E-state index contributed by atoms with van der Waals surface area (Å²) in [4.78, 5) is 15.3. The number of sulfonamides is 1. The van der Waals surface area contributed by atoms with Crippen molar-refractivity contribution in [1.29, 1.82) is 0 Å². The molecule has 1 fully saturated rings. The summed E-state index contributed by atoms with van der Waals surface area (Å²) >= 11 is 0. The highest BCUT2D eigenvalue weighted by Crippen LogP contribution is 2.44. The molecule has 0 saturated carbocycles. The molecule has 2 aliphatic heterocycles. The molecular weight excluding hydrogens is 364 g/mol. The predicted octanol–water partition coefficient (Wildman–Crippen LogP) is 2.19. The van der Waals surface area contributed by atoms with Crippen LogP contribution in [0.4, 0.5) is 0 Å². The average Bonchev–Trinajstić information content (AvgIpc) is 3.03. The van der Waals surface area contributed by atoms with E-state index in [1.807, 2.05) is 42.2 Å². The summed E-state index contributed by atoms with van der Waals surface area (Å²) in [6.45, 7) is 6.83. The van der Waals surface area contributed by atoms with Crippen LogP contribution in [0.3, 0.4) is 0 Å². The van der Waals surface area contributed by atoms with Crippen LogP contribution in [0, 0.1) is 12.8 Å². The van der Waals surface area contributed by atoms with Crippen molar-refractivity contribution < 1.29 is 13.6 Å². The van der Waals surface area contributed by atoms with E-state index in [2.05, 4.69) is 18.9 Å². The summed E-state index contributed by atoms with van der Waals surface area (Å²) in [5, 5.41) is 4.64. The quantitative estimate of drug-likeness (QED) is 0.752. The lowest BCUT2D eigenvalue weighted by atomic mass is 9.95. The Balaban J connectivity index is 1.74. The van der Waals surface area contributed by atoms with Gasteiger partial charge in [-0.15, -0.1) is 4.31 Å². The van der Waals surface area contributed by atoms with Gasteiger partial charge in [-0.1, -0.05) is 36.3 Å². The normalized spacial score (nSPS) is 22.8. The Hall–Kier alpha value is -2.03. The standard InChI is InChI=1S/C19H24N4O3S/c1-12(2)17-16-13(3)20-23(14-8-6-5-7-9-14)18(16)19(24)22(17)15-10-21(11-15)27(4,25)26/h5-9,12,15,17H,10-11H2,1-4H3. The fourth-order valence-corrected chi connectivity index (χ4v) is 5.04. The maximum Gasteiger partial charge on any atom is 0.273 e. The van der Waals surface area contributed by atoms with E-state index in [1.54, 1.807) is 4.68 Å². The molecule has 8 heteroatoms. The molecule has 3 heterocycles. The van der Waals surface area contributed by atoms with Crippen molar-refractivity contribution in [1.82, 2.24) is 19.0 Å². The Morgan fingerprint density at radius 3 is 2.41 bits per heavy atom. The monoisotopic (exact) mass is 388 g/mol. The Bertz CT molecular complexity index is 928. The van der Waals surface area contributed by atoms with Crippen molar-refractivity contribution >= 4 is 16.3 Å². The Labute approximate surface area is 160 Å². The number of hydrogen-bond donors (Lipinski definition) is 0. The van der Waals surface area contributed by atoms with Gasteiger partial charge >= 0.3 is 0 Å². The van der Waals surface area contributed by atoms with Crippen LogP contribution >= 0.6 is 0 Å². The van der Waals surface area contributed by atoms with Crippen LogP contribution in [0.5, 0.6) is 0 Å². The molecule has 0 N–H and O–H groups in total. The maximum absolute atomic E-state index is 13.4. The highest BCUT2D eigenvalue weighted by Gasteiger charge is 2.51. The van der Waals surface area contributed by atoms with E-state index in [9.17, 15) is 13.6 Å². The minimum Gasteiger partial charge on any atom is -0.598 e. The van der Waals surface area contributed by atoms with Crippen molar-refractivity contribution in [3.63, 3.8) is 0 Å². The first-order chi connectivity index (χ1) is 12.7. The van der Waals surface area contributed by atoms with Gasteiger partial charge < -0.3 is 9.45 Å². The van der Waals surface area contributed by atoms with Crippen LogP contribution in [-0.4, -0.2) is 54.8 Å². The summed E-state index contributed by atoms with van der Waals surface area (Å²) in [5.74, 6) is 0.140. The number of rotatable bonds is 4. The number of nitrogens with zero attached hydrogens (tertiary/aromatic N) is 4. The number of hydrogen-bond acceptors (Lipinski definition) is 4. The van der Waals surface area contributed by atoms with Gasteiger partial charge in [-0.3, -0.25) is 4.79 Å². The van der Waals surface area contributed by atoms with E-state index in [0.29, 0.717) is 18.8 Å². The number of fused-ring (bicyclic) bond motifs is 1. The molecule has 1 aromatic carbocycles. The summed E-state index contributed by atoms with van der Waals surface area (Å²) in [5.41, 5.74) is 3.28. The molecule has 4 rings (SSSR count). The lowest BCUT2D eigenvalue weighted by molar-refractivity contribution is 0.0296. The largest absolute Gasteiger partial charge is 0.598 e. The Kier molecular flexibility index (Phi) is 4.25. The highest BCUT2D eigenvalue weighted by molar-refractivity contribution is 7.94. The molecule has 1 saturated heterocycles. The van der Waals surface area contributed by atoms with Gasteiger partial charge in [0.1, 0.15) is 22.3 Å². The molecule has 1 aromatic heterocycles. The molecule has 27 heavy (non-hydrogen) atoms. The summed E-state index contributed by atoms with van der Waals surface area (Å²) in [6.07, 6.45) is 1.21. The van der Waals surface area contributed by atoms with Gasteiger partial charge in [0.15, 0.2) is 0 Å². The minimum absolute atomic E-state index is 0.0636. The summed E-state index contributed by atoms with van der Waals surface area (Å²) < 4.78 is 26.6. The zero-order valence-electron chi connectivity index (χ0n) is 16.0. The van der Waals surface area contributed by atoms with Crippen molar-refractivity contribution in [2.45, 2.75) is 32.9 Å². The zero-order valence-corrected chi connectivity index (χ0v) is 16.8. The smallest absolute Gasteiger partial charge is 0.273 e. The average molecular weight is 388 g/mol. The first kappa shape index (κ1) is 18.3. The van der Waals surface area contributed by atoms with Crippen molar-refractivity contribution in [2.24, 2.45) is 5.92 Å². The molecule has 7 nitrogen and oxygen atoms in total. The molecule has 2 atom stereocenters. The van der Waals surface area contributed by atoms with Crippen LogP contribution in [0.1, 0.15) is 41.6 Å². The van der Waals surface area contributed by atoms with Gasteiger partial charge in [-0.25, -0.2) is 4.68 Å². The third-order valence-corrected chi connectivity index (χ3v) is 6.70. The van der Waals surface area contributed by atoms with E-state index in [1.165, 1.54) is 10.6 Å². The SMILES string of the molecule is Cc1nn(-c2ccccc2)c2c1C(C(C)C)N(C1CN([S+](C)(=O)[O-])C1)C2=O. The van der Waals surface area contributed by atoms with Crippen LogP contribution in [-0.2, 0) is 14.6 Å². The third-order valence-electron chi connectivity index (χ3n) is 5.46. The topological polar surface area (TPSA) is 81.5 Å². The second-order valence-corrected chi connectivity index (χ2v) is 9.71. The van der Waals surface area contributed by atoms with Gasteiger partial charge in [0, 0.05) is 5.56 Å². The number of para-hydroxylation sites is 1. The van der Waals surface area contributed by atoms with Crippen molar-refractivity contribution in [3.8, 4) is 5.69 Å². The van der Waals surface area contributed by atoms with E-state index >= 15 is 0 Å². The molecule has 144 valence electrons. The summed E-state index contributed by atoms with van der Waals surface area (Å²) in [7, 11) is -3.22. The fraction of sp³-hybridized carbons (Fsp3) is 0.474. The number of aryl methyl sites for hydroxylation is 1. The van der Waals surface area contributed by atoms with Gasteiger partial charge in [-0.05, 0) is 25.0 Å². The Morgan fingerprint density at radius 2 is 1.85 bits per heavy atom. The number of amides is 1. The van der Waals surface area contributed by atoms with Gasteiger partial charge in [0.25, 0.3) is 5.91 Å². The first-order valence-electron chi connectivity index (χ1n) is 9.13. The van der Waals surface area contributed by atoms with Crippen LogP contribution in [0.25, 0.3) is 5.69 Å². The van der Waals surface area contributed by atoms with E-state index in [0.717, 1.165) is 16.9 Å². The third kappa shape index (κ3) is 2.83. The molecule has 2 aromatic rings. The Morgan fingerprint density at radius 1 is 1.22 bits per heavy atom. The van der Waals surface area contributed by atoms with Crippen LogP contribution in [0.2, 0.25) is 0 Å². The molecule has 2 aliphatic rings. The van der Waals surface area contributed by atoms with E-state index < -0.39 is 10.4 Å². The van der Waals surface area contributed by atoms with Crippen molar-refractivity contribution in [2.75, 3.05) is 19.3 Å². The number of carbonyl (C=O) groups is 1. The lowest BCUT2D eigenvalue weighted by Crippen LogP contribution is -2.63. The highest BCUT2D eigenvalue weighted by atomic mass is 32.3.